The molecular weight excluding hydrogens is 302 g/mol. The molecular formula is C19H31N3O2. The van der Waals surface area contributed by atoms with Crippen LogP contribution in [0.15, 0.2) is 24.3 Å². The third kappa shape index (κ3) is 6.32. The van der Waals surface area contributed by atoms with Gasteiger partial charge in [-0.1, -0.05) is 13.8 Å². The van der Waals surface area contributed by atoms with Crippen LogP contribution in [0, 0.1) is 0 Å². The van der Waals surface area contributed by atoms with Crippen molar-refractivity contribution in [3.05, 3.63) is 29.8 Å². The van der Waals surface area contributed by atoms with E-state index in [0.29, 0.717) is 25.2 Å². The fraction of sp³-hybridized carbons (Fsp3) is 0.579. The molecule has 0 spiro atoms. The van der Waals surface area contributed by atoms with E-state index in [1.165, 1.54) is 0 Å². The molecule has 0 atom stereocenters. The molecule has 5 nitrogen and oxygen atoms in total. The second-order valence-corrected chi connectivity index (χ2v) is 5.88. The standard InChI is InChI=1S/C19H31N3O2/c1-5-13-21(14-6-2)15-18(23)20-17-11-9-16(10-12-17)19(24)22(7-3)8-4/h9-12H,5-8,13-15H2,1-4H3,(H,20,23). The number of nitrogens with one attached hydrogen (secondary N) is 1. The lowest BCUT2D eigenvalue weighted by Crippen LogP contribution is -2.34. The molecule has 0 unspecified atom stereocenters. The van der Waals surface area contributed by atoms with Gasteiger partial charge in [0.15, 0.2) is 0 Å². The van der Waals surface area contributed by atoms with E-state index in [-0.39, 0.29) is 11.8 Å². The Bertz CT molecular complexity index is 504. The number of amides is 2. The van der Waals surface area contributed by atoms with E-state index in [0.717, 1.165) is 31.6 Å². The second kappa shape index (κ2) is 10.8. The monoisotopic (exact) mass is 333 g/mol. The third-order valence-electron chi connectivity index (χ3n) is 3.91. The fourth-order valence-electron chi connectivity index (χ4n) is 2.70. The maximum Gasteiger partial charge on any atom is 0.253 e. The summed E-state index contributed by atoms with van der Waals surface area (Å²) >= 11 is 0. The Kier molecular flexibility index (Phi) is 9.08. The van der Waals surface area contributed by atoms with E-state index in [2.05, 4.69) is 24.1 Å². The highest BCUT2D eigenvalue weighted by Crippen LogP contribution is 2.12. The van der Waals surface area contributed by atoms with Gasteiger partial charge in [0.2, 0.25) is 5.91 Å². The molecule has 0 saturated heterocycles. The maximum atomic E-state index is 12.3. The van der Waals surface area contributed by atoms with Gasteiger partial charge < -0.3 is 10.2 Å². The number of rotatable bonds is 10. The number of benzene rings is 1. The zero-order valence-electron chi connectivity index (χ0n) is 15.5. The van der Waals surface area contributed by atoms with Crippen molar-refractivity contribution >= 4 is 17.5 Å². The molecule has 0 fully saturated rings. The van der Waals surface area contributed by atoms with Crippen LogP contribution in [-0.2, 0) is 4.79 Å². The van der Waals surface area contributed by atoms with Crippen molar-refractivity contribution in [3.63, 3.8) is 0 Å². The molecule has 0 aliphatic rings. The van der Waals surface area contributed by atoms with Crippen molar-refractivity contribution < 1.29 is 9.59 Å². The van der Waals surface area contributed by atoms with E-state index < -0.39 is 0 Å². The lowest BCUT2D eigenvalue weighted by molar-refractivity contribution is -0.117. The first kappa shape index (κ1) is 20.2. The smallest absolute Gasteiger partial charge is 0.253 e. The average molecular weight is 333 g/mol. The molecule has 24 heavy (non-hydrogen) atoms. The summed E-state index contributed by atoms with van der Waals surface area (Å²) in [5.74, 6) is 0.00895. The van der Waals surface area contributed by atoms with Crippen molar-refractivity contribution in [2.24, 2.45) is 0 Å². The summed E-state index contributed by atoms with van der Waals surface area (Å²) in [6.07, 6.45) is 2.07. The number of anilines is 1. The molecule has 0 saturated carbocycles. The van der Waals surface area contributed by atoms with Crippen LogP contribution in [0.1, 0.15) is 50.9 Å². The normalized spacial score (nSPS) is 10.7. The minimum Gasteiger partial charge on any atom is -0.339 e. The minimum atomic E-state index is -0.0141. The summed E-state index contributed by atoms with van der Waals surface area (Å²) in [5.41, 5.74) is 1.37. The summed E-state index contributed by atoms with van der Waals surface area (Å²) in [6.45, 7) is 11.8. The van der Waals surface area contributed by atoms with Crippen molar-refractivity contribution in [1.82, 2.24) is 9.80 Å². The Morgan fingerprint density at radius 1 is 0.917 bits per heavy atom. The lowest BCUT2D eigenvalue weighted by Gasteiger charge is -2.20. The first-order chi connectivity index (χ1) is 11.5. The van der Waals surface area contributed by atoms with Crippen LogP contribution in [0.4, 0.5) is 5.69 Å². The Morgan fingerprint density at radius 3 is 1.92 bits per heavy atom. The molecule has 0 radical (unpaired) electrons. The van der Waals surface area contributed by atoms with Crippen LogP contribution < -0.4 is 5.32 Å². The van der Waals surface area contributed by atoms with E-state index in [9.17, 15) is 9.59 Å². The predicted molar refractivity (Wildman–Crippen MR) is 99.3 cm³/mol. The van der Waals surface area contributed by atoms with Gasteiger partial charge in [0.25, 0.3) is 5.91 Å². The van der Waals surface area contributed by atoms with Gasteiger partial charge in [-0.2, -0.15) is 0 Å². The largest absolute Gasteiger partial charge is 0.339 e. The summed E-state index contributed by atoms with van der Waals surface area (Å²) in [4.78, 5) is 28.4. The zero-order chi connectivity index (χ0) is 17.9. The molecule has 2 amide bonds. The summed E-state index contributed by atoms with van der Waals surface area (Å²) < 4.78 is 0. The Labute approximate surface area is 146 Å². The fourth-order valence-corrected chi connectivity index (χ4v) is 2.70. The average Bonchev–Trinajstić information content (AvgIpc) is 2.57. The topological polar surface area (TPSA) is 52.7 Å². The molecule has 5 heteroatoms. The van der Waals surface area contributed by atoms with Crippen LogP contribution in [-0.4, -0.2) is 54.3 Å². The van der Waals surface area contributed by atoms with Crippen LogP contribution in [0.5, 0.6) is 0 Å². The SMILES string of the molecule is CCCN(CCC)CC(=O)Nc1ccc(C(=O)N(CC)CC)cc1. The molecule has 1 aromatic rings. The van der Waals surface area contributed by atoms with E-state index in [1.807, 2.05) is 13.8 Å². The van der Waals surface area contributed by atoms with E-state index in [4.69, 9.17) is 0 Å². The first-order valence-electron chi connectivity index (χ1n) is 8.97. The van der Waals surface area contributed by atoms with Gasteiger partial charge in [-0.05, 0) is 64.0 Å². The van der Waals surface area contributed by atoms with Crippen molar-refractivity contribution in [2.75, 3.05) is 38.0 Å². The third-order valence-corrected chi connectivity index (χ3v) is 3.91. The first-order valence-corrected chi connectivity index (χ1v) is 8.97. The van der Waals surface area contributed by atoms with Gasteiger partial charge in [0.05, 0.1) is 6.54 Å². The summed E-state index contributed by atoms with van der Waals surface area (Å²) in [6, 6.07) is 7.12. The van der Waals surface area contributed by atoms with Crippen LogP contribution >= 0.6 is 0 Å². The Morgan fingerprint density at radius 2 is 1.46 bits per heavy atom. The summed E-state index contributed by atoms with van der Waals surface area (Å²) in [5, 5.41) is 2.91. The number of nitrogens with zero attached hydrogens (tertiary/aromatic N) is 2. The zero-order valence-corrected chi connectivity index (χ0v) is 15.5. The highest BCUT2D eigenvalue weighted by molar-refractivity contribution is 5.96. The van der Waals surface area contributed by atoms with E-state index in [1.54, 1.807) is 29.2 Å². The number of hydrogen-bond acceptors (Lipinski definition) is 3. The molecule has 0 heterocycles. The van der Waals surface area contributed by atoms with Gasteiger partial charge in [0.1, 0.15) is 0 Å². The van der Waals surface area contributed by atoms with Gasteiger partial charge in [0, 0.05) is 24.3 Å². The minimum absolute atomic E-state index is 0.0141. The van der Waals surface area contributed by atoms with E-state index >= 15 is 0 Å². The highest BCUT2D eigenvalue weighted by Gasteiger charge is 2.13. The molecule has 0 aromatic heterocycles. The second-order valence-electron chi connectivity index (χ2n) is 5.88. The van der Waals surface area contributed by atoms with Crippen molar-refractivity contribution in [2.45, 2.75) is 40.5 Å². The van der Waals surface area contributed by atoms with Crippen molar-refractivity contribution in [3.8, 4) is 0 Å². The number of carbonyl (C=O) groups is 2. The van der Waals surface area contributed by atoms with Crippen LogP contribution in [0.25, 0.3) is 0 Å². The molecule has 1 N–H and O–H groups in total. The lowest BCUT2D eigenvalue weighted by atomic mass is 10.1. The molecule has 1 rings (SSSR count). The quantitative estimate of drug-likeness (QED) is 0.715. The highest BCUT2D eigenvalue weighted by atomic mass is 16.2. The Balaban J connectivity index is 2.63. The molecule has 134 valence electrons. The molecule has 0 bridgehead atoms. The van der Waals surface area contributed by atoms with Crippen LogP contribution in [0.2, 0.25) is 0 Å². The maximum absolute atomic E-state index is 12.3. The molecule has 0 aliphatic heterocycles. The predicted octanol–water partition coefficient (Wildman–Crippen LogP) is 3.23. The number of hydrogen-bond donors (Lipinski definition) is 1. The van der Waals surface area contributed by atoms with Gasteiger partial charge in [-0.3, -0.25) is 14.5 Å². The van der Waals surface area contributed by atoms with Gasteiger partial charge in [-0.15, -0.1) is 0 Å². The number of carbonyl (C=O) groups excluding carboxylic acids is 2. The van der Waals surface area contributed by atoms with Gasteiger partial charge in [-0.25, -0.2) is 0 Å². The summed E-state index contributed by atoms with van der Waals surface area (Å²) in [7, 11) is 0. The molecule has 0 aliphatic carbocycles. The van der Waals surface area contributed by atoms with Gasteiger partial charge >= 0.3 is 0 Å². The van der Waals surface area contributed by atoms with Crippen molar-refractivity contribution in [1.29, 1.82) is 0 Å². The van der Waals surface area contributed by atoms with Crippen LogP contribution in [0.3, 0.4) is 0 Å². The molecule has 1 aromatic carbocycles. The Hall–Kier alpha value is -1.88.